The van der Waals surface area contributed by atoms with Crippen LogP contribution in [0.25, 0.3) is 11.7 Å². The number of sulfone groups is 1. The van der Waals surface area contributed by atoms with E-state index < -0.39 is 9.84 Å². The largest absolute Gasteiger partial charge is 0.290 e. The van der Waals surface area contributed by atoms with Crippen LogP contribution in [0.2, 0.25) is 0 Å². The van der Waals surface area contributed by atoms with Crippen molar-refractivity contribution in [2.24, 2.45) is 0 Å². The van der Waals surface area contributed by atoms with Crippen LogP contribution in [0.1, 0.15) is 25.0 Å². The fourth-order valence-corrected chi connectivity index (χ4v) is 5.43. The number of piperidine rings is 1. The summed E-state index contributed by atoms with van der Waals surface area (Å²) in [6, 6.07) is 5.95. The van der Waals surface area contributed by atoms with Crippen molar-refractivity contribution in [1.29, 1.82) is 0 Å². The summed E-state index contributed by atoms with van der Waals surface area (Å²) in [5, 5.41) is 2.41. The molecule has 0 saturated carbocycles. The predicted octanol–water partition coefficient (Wildman–Crippen LogP) is 3.15. The maximum Gasteiger partial charge on any atom is 0.184 e. The predicted molar refractivity (Wildman–Crippen MR) is 97.4 cm³/mol. The Bertz CT molecular complexity index is 922. The highest BCUT2D eigenvalue weighted by Gasteiger charge is 2.18. The first-order valence-corrected chi connectivity index (χ1v) is 10.6. The molecule has 4 heterocycles. The highest BCUT2D eigenvalue weighted by molar-refractivity contribution is 8.03. The summed E-state index contributed by atoms with van der Waals surface area (Å²) in [5.41, 5.74) is 1.89. The van der Waals surface area contributed by atoms with E-state index in [1.807, 2.05) is 35.4 Å². The Morgan fingerprint density at radius 2 is 2.04 bits per heavy atom. The summed E-state index contributed by atoms with van der Waals surface area (Å²) >= 11 is 1.56. The lowest BCUT2D eigenvalue weighted by Gasteiger charge is -2.25. The van der Waals surface area contributed by atoms with Gasteiger partial charge in [0.2, 0.25) is 0 Å². The Balaban J connectivity index is 1.52. The van der Waals surface area contributed by atoms with E-state index in [1.54, 1.807) is 17.8 Å². The number of thioether (sulfide) groups is 1. The standard InChI is InChI=1S/C17H19N3O2S2/c21-24(22,13-19-8-2-1-3-9-19)10-7-15-11-14-12-18-16-5-4-6-17(23-15)20(14)16/h4-7,10-12H,1-3,8-9,13H2. The van der Waals surface area contributed by atoms with Gasteiger partial charge in [0.25, 0.3) is 0 Å². The number of nitrogens with zero attached hydrogens (tertiary/aromatic N) is 3. The average molecular weight is 361 g/mol. The van der Waals surface area contributed by atoms with Crippen molar-refractivity contribution in [3.63, 3.8) is 0 Å². The number of pyridine rings is 1. The van der Waals surface area contributed by atoms with Crippen molar-refractivity contribution in [3.05, 3.63) is 46.5 Å². The molecule has 0 amide bonds. The zero-order chi connectivity index (χ0) is 16.6. The Labute approximate surface area is 146 Å². The van der Waals surface area contributed by atoms with Gasteiger partial charge < -0.3 is 0 Å². The molecule has 0 atom stereocenters. The lowest BCUT2D eigenvalue weighted by Crippen LogP contribution is -2.33. The highest BCUT2D eigenvalue weighted by atomic mass is 32.2. The molecule has 0 aromatic carbocycles. The highest BCUT2D eigenvalue weighted by Crippen LogP contribution is 2.35. The molecule has 0 radical (unpaired) electrons. The second-order valence-corrected chi connectivity index (χ2v) is 9.11. The molecule has 2 aliphatic rings. The zero-order valence-corrected chi connectivity index (χ0v) is 14.9. The summed E-state index contributed by atoms with van der Waals surface area (Å²) in [5.74, 6) is 0.120. The molecular weight excluding hydrogens is 342 g/mol. The number of allylic oxidation sites excluding steroid dienone is 1. The Morgan fingerprint density at radius 3 is 2.88 bits per heavy atom. The molecule has 0 N–H and O–H groups in total. The smallest absolute Gasteiger partial charge is 0.184 e. The minimum absolute atomic E-state index is 0.120. The van der Waals surface area contributed by atoms with Gasteiger partial charge in [0, 0.05) is 10.3 Å². The van der Waals surface area contributed by atoms with Gasteiger partial charge in [-0.15, -0.1) is 0 Å². The van der Waals surface area contributed by atoms with Gasteiger partial charge in [0.15, 0.2) is 9.84 Å². The number of aromatic nitrogens is 2. The molecule has 2 aromatic heterocycles. The summed E-state index contributed by atoms with van der Waals surface area (Å²) in [4.78, 5) is 7.31. The van der Waals surface area contributed by atoms with Crippen LogP contribution in [0.3, 0.4) is 0 Å². The first-order chi connectivity index (χ1) is 11.6. The van der Waals surface area contributed by atoms with Crippen LogP contribution in [0.5, 0.6) is 0 Å². The lowest BCUT2D eigenvalue weighted by atomic mass is 10.1. The average Bonchev–Trinajstić information content (AvgIpc) is 2.99. The first kappa shape index (κ1) is 15.9. The molecule has 0 unspecified atom stereocenters. The second kappa shape index (κ2) is 6.38. The molecule has 2 aromatic rings. The summed E-state index contributed by atoms with van der Waals surface area (Å²) < 4.78 is 26.8. The SMILES string of the molecule is O=S(=O)(C=CC1=Cc2cnc3cccc(n23)S1)CN1CCCCC1. The fourth-order valence-electron chi connectivity index (χ4n) is 3.15. The van der Waals surface area contributed by atoms with Gasteiger partial charge in [-0.3, -0.25) is 9.30 Å². The third-order valence-electron chi connectivity index (χ3n) is 4.28. The second-order valence-electron chi connectivity index (χ2n) is 6.16. The minimum atomic E-state index is -3.23. The van der Waals surface area contributed by atoms with Gasteiger partial charge >= 0.3 is 0 Å². The van der Waals surface area contributed by atoms with E-state index in [-0.39, 0.29) is 5.88 Å². The van der Waals surface area contributed by atoms with Crippen LogP contribution in [-0.2, 0) is 9.84 Å². The number of rotatable bonds is 4. The van der Waals surface area contributed by atoms with Gasteiger partial charge in [0.05, 0.1) is 16.9 Å². The molecule has 7 heteroatoms. The van der Waals surface area contributed by atoms with E-state index in [9.17, 15) is 8.42 Å². The molecule has 0 aliphatic carbocycles. The number of imidazole rings is 1. The maximum atomic E-state index is 12.3. The van der Waals surface area contributed by atoms with E-state index in [4.69, 9.17) is 0 Å². The van der Waals surface area contributed by atoms with Crippen molar-refractivity contribution in [3.8, 4) is 0 Å². The first-order valence-electron chi connectivity index (χ1n) is 8.10. The van der Waals surface area contributed by atoms with E-state index in [1.165, 1.54) is 11.8 Å². The molecule has 24 heavy (non-hydrogen) atoms. The molecule has 126 valence electrons. The van der Waals surface area contributed by atoms with Crippen LogP contribution < -0.4 is 0 Å². The number of likely N-dealkylation sites (tertiary alicyclic amines) is 1. The van der Waals surface area contributed by atoms with Gasteiger partial charge in [-0.25, -0.2) is 13.4 Å². The summed E-state index contributed by atoms with van der Waals surface area (Å²) in [7, 11) is -3.23. The Hall–Kier alpha value is -1.57. The molecule has 1 saturated heterocycles. The zero-order valence-electron chi connectivity index (χ0n) is 13.3. The maximum absolute atomic E-state index is 12.3. The van der Waals surface area contributed by atoms with E-state index >= 15 is 0 Å². The van der Waals surface area contributed by atoms with Gasteiger partial charge in [-0.2, -0.15) is 0 Å². The normalized spacial score (nSPS) is 19.1. The number of hydrogen-bond donors (Lipinski definition) is 0. The van der Waals surface area contributed by atoms with Crippen molar-refractivity contribution >= 4 is 33.3 Å². The molecule has 5 nitrogen and oxygen atoms in total. The van der Waals surface area contributed by atoms with Crippen LogP contribution in [-0.4, -0.2) is 41.7 Å². The van der Waals surface area contributed by atoms with Gasteiger partial charge in [0.1, 0.15) is 11.5 Å². The fraction of sp³-hybridized carbons (Fsp3) is 0.353. The third-order valence-corrected chi connectivity index (χ3v) is 6.58. The van der Waals surface area contributed by atoms with Crippen LogP contribution in [0, 0.1) is 0 Å². The quantitative estimate of drug-likeness (QED) is 0.837. The van der Waals surface area contributed by atoms with E-state index in [2.05, 4.69) is 9.38 Å². The monoisotopic (exact) mass is 361 g/mol. The topological polar surface area (TPSA) is 54.7 Å². The van der Waals surface area contributed by atoms with Gasteiger partial charge in [-0.1, -0.05) is 24.2 Å². The van der Waals surface area contributed by atoms with Crippen LogP contribution in [0.15, 0.2) is 45.8 Å². The third kappa shape index (κ3) is 3.29. The van der Waals surface area contributed by atoms with Crippen molar-refractivity contribution in [1.82, 2.24) is 14.3 Å². The van der Waals surface area contributed by atoms with Crippen molar-refractivity contribution in [2.75, 3.05) is 19.0 Å². The molecule has 0 spiro atoms. The van der Waals surface area contributed by atoms with Crippen LogP contribution in [0.4, 0.5) is 0 Å². The molecule has 0 bridgehead atoms. The van der Waals surface area contributed by atoms with E-state index in [0.29, 0.717) is 0 Å². The molecule has 2 aliphatic heterocycles. The van der Waals surface area contributed by atoms with Crippen molar-refractivity contribution < 1.29 is 8.42 Å². The van der Waals surface area contributed by atoms with Crippen LogP contribution >= 0.6 is 11.8 Å². The van der Waals surface area contributed by atoms with Gasteiger partial charge in [-0.05, 0) is 50.2 Å². The molecular formula is C17H19N3O2S2. The minimum Gasteiger partial charge on any atom is -0.290 e. The number of hydrogen-bond acceptors (Lipinski definition) is 5. The van der Waals surface area contributed by atoms with Crippen molar-refractivity contribution in [2.45, 2.75) is 24.3 Å². The lowest BCUT2D eigenvalue weighted by molar-refractivity contribution is 0.261. The molecule has 1 fully saturated rings. The Kier molecular flexibility index (Phi) is 4.24. The summed E-state index contributed by atoms with van der Waals surface area (Å²) in [6.07, 6.45) is 8.89. The van der Waals surface area contributed by atoms with E-state index in [0.717, 1.165) is 47.2 Å². The summed E-state index contributed by atoms with van der Waals surface area (Å²) in [6.45, 7) is 1.76. The molecule has 4 rings (SSSR count). The Morgan fingerprint density at radius 1 is 1.21 bits per heavy atom.